The van der Waals surface area contributed by atoms with Gasteiger partial charge in [-0.2, -0.15) is 5.10 Å². The molecule has 0 N–H and O–H groups in total. The summed E-state index contributed by atoms with van der Waals surface area (Å²) in [4.78, 5) is 21.7. The van der Waals surface area contributed by atoms with Crippen molar-refractivity contribution in [3.63, 3.8) is 0 Å². The van der Waals surface area contributed by atoms with Crippen LogP contribution in [0.3, 0.4) is 0 Å². The van der Waals surface area contributed by atoms with Gasteiger partial charge in [0.1, 0.15) is 5.02 Å². The van der Waals surface area contributed by atoms with Crippen LogP contribution in [0, 0.1) is 0 Å². The van der Waals surface area contributed by atoms with Crippen molar-refractivity contribution in [2.75, 3.05) is 31.1 Å². The van der Waals surface area contributed by atoms with Crippen LogP contribution in [0.5, 0.6) is 0 Å². The van der Waals surface area contributed by atoms with E-state index in [1.54, 1.807) is 17.5 Å². The highest BCUT2D eigenvalue weighted by Gasteiger charge is 2.20. The molecule has 1 aliphatic rings. The molecule has 146 valence electrons. The summed E-state index contributed by atoms with van der Waals surface area (Å²) in [7, 11) is 0. The molecular formula is C20H22ClN5OS. The smallest absolute Gasteiger partial charge is 0.287 e. The number of hydrogen-bond acceptors (Lipinski definition) is 6. The Hall–Kier alpha value is -2.22. The predicted molar refractivity (Wildman–Crippen MR) is 113 cm³/mol. The second-order valence-corrected chi connectivity index (χ2v) is 7.99. The zero-order chi connectivity index (χ0) is 19.3. The zero-order valence-corrected chi connectivity index (χ0v) is 17.1. The average molecular weight is 416 g/mol. The molecule has 6 nitrogen and oxygen atoms in total. The lowest BCUT2D eigenvalue weighted by atomic mass is 10.2. The number of benzene rings is 1. The van der Waals surface area contributed by atoms with Gasteiger partial charge in [0.05, 0.1) is 29.6 Å². The van der Waals surface area contributed by atoms with Crippen LogP contribution in [0.1, 0.15) is 17.7 Å². The molecule has 0 radical (unpaired) electrons. The number of aromatic nitrogens is 3. The number of anilines is 1. The first-order chi connectivity index (χ1) is 13.7. The normalized spacial score (nSPS) is 15.5. The third-order valence-corrected chi connectivity index (χ3v) is 5.93. The molecule has 0 amide bonds. The monoisotopic (exact) mass is 415 g/mol. The molecule has 0 spiro atoms. The standard InChI is InChI=1S/C20H22ClN5OS/c21-19-18(11-23-26(20(19)27)12-16-5-2-1-3-6-16)25-8-4-7-24(9-10-25)13-17-14-28-15-22-17/h1-3,5-6,11,14-15H,4,7-10,12-13H2. The van der Waals surface area contributed by atoms with E-state index in [9.17, 15) is 4.79 Å². The predicted octanol–water partition coefficient (Wildman–Crippen LogP) is 3.11. The number of nitrogens with zero attached hydrogens (tertiary/aromatic N) is 5. The Morgan fingerprint density at radius 2 is 1.93 bits per heavy atom. The Labute approximate surface area is 173 Å². The molecular weight excluding hydrogens is 394 g/mol. The molecule has 28 heavy (non-hydrogen) atoms. The summed E-state index contributed by atoms with van der Waals surface area (Å²) in [5.74, 6) is 0. The Balaban J connectivity index is 1.46. The summed E-state index contributed by atoms with van der Waals surface area (Å²) in [6.45, 7) is 4.86. The number of halogens is 1. The van der Waals surface area contributed by atoms with E-state index in [-0.39, 0.29) is 10.6 Å². The first-order valence-electron chi connectivity index (χ1n) is 9.34. The highest BCUT2D eigenvalue weighted by atomic mass is 35.5. The zero-order valence-electron chi connectivity index (χ0n) is 15.5. The Morgan fingerprint density at radius 1 is 1.07 bits per heavy atom. The maximum atomic E-state index is 12.7. The maximum Gasteiger partial charge on any atom is 0.287 e. The summed E-state index contributed by atoms with van der Waals surface area (Å²) >= 11 is 8.09. The summed E-state index contributed by atoms with van der Waals surface area (Å²) in [6.07, 6.45) is 2.73. The minimum atomic E-state index is -0.244. The van der Waals surface area contributed by atoms with Gasteiger partial charge in [0.2, 0.25) is 0 Å². The Bertz CT molecular complexity index is 960. The van der Waals surface area contributed by atoms with E-state index in [1.165, 1.54) is 4.68 Å². The Kier molecular flexibility index (Phi) is 6.04. The molecule has 1 saturated heterocycles. The molecule has 0 unspecified atom stereocenters. The fourth-order valence-corrected chi connectivity index (χ4v) is 4.28. The second kappa shape index (κ2) is 8.86. The van der Waals surface area contributed by atoms with Crippen LogP contribution in [-0.2, 0) is 13.1 Å². The highest BCUT2D eigenvalue weighted by molar-refractivity contribution is 7.07. The van der Waals surface area contributed by atoms with Gasteiger partial charge in [0.25, 0.3) is 5.56 Å². The first kappa shape index (κ1) is 19.1. The van der Waals surface area contributed by atoms with Gasteiger partial charge < -0.3 is 4.90 Å². The molecule has 3 aromatic rings. The van der Waals surface area contributed by atoms with Crippen LogP contribution in [0.2, 0.25) is 5.02 Å². The molecule has 1 aromatic carbocycles. The molecule has 0 aliphatic carbocycles. The summed E-state index contributed by atoms with van der Waals surface area (Å²) in [6, 6.07) is 9.80. The summed E-state index contributed by atoms with van der Waals surface area (Å²) < 4.78 is 1.42. The van der Waals surface area contributed by atoms with E-state index in [1.807, 2.05) is 35.8 Å². The van der Waals surface area contributed by atoms with E-state index < -0.39 is 0 Å². The lowest BCUT2D eigenvalue weighted by Gasteiger charge is -2.24. The van der Waals surface area contributed by atoms with E-state index in [0.717, 1.165) is 56.1 Å². The van der Waals surface area contributed by atoms with Gasteiger partial charge in [0.15, 0.2) is 0 Å². The molecule has 0 saturated carbocycles. The van der Waals surface area contributed by atoms with E-state index >= 15 is 0 Å². The third-order valence-electron chi connectivity index (χ3n) is 4.94. The van der Waals surface area contributed by atoms with E-state index in [2.05, 4.69) is 25.3 Å². The molecule has 4 rings (SSSR count). The summed E-state index contributed by atoms with van der Waals surface area (Å²) in [5.41, 5.74) is 4.49. The first-order valence-corrected chi connectivity index (χ1v) is 10.7. The molecule has 8 heteroatoms. The minimum Gasteiger partial charge on any atom is -0.368 e. The van der Waals surface area contributed by atoms with E-state index in [0.29, 0.717) is 6.54 Å². The number of thiazole rings is 1. The highest BCUT2D eigenvalue weighted by Crippen LogP contribution is 2.23. The molecule has 3 heterocycles. The van der Waals surface area contributed by atoms with Crippen LogP contribution in [0.25, 0.3) is 0 Å². The van der Waals surface area contributed by atoms with Crippen molar-refractivity contribution >= 4 is 28.6 Å². The van der Waals surface area contributed by atoms with Crippen molar-refractivity contribution < 1.29 is 0 Å². The van der Waals surface area contributed by atoms with Crippen molar-refractivity contribution in [2.45, 2.75) is 19.5 Å². The third kappa shape index (κ3) is 4.43. The van der Waals surface area contributed by atoms with Crippen molar-refractivity contribution in [3.8, 4) is 0 Å². The largest absolute Gasteiger partial charge is 0.368 e. The van der Waals surface area contributed by atoms with Crippen LogP contribution in [-0.4, -0.2) is 45.8 Å². The van der Waals surface area contributed by atoms with Crippen molar-refractivity contribution in [3.05, 3.63) is 74.1 Å². The fraction of sp³-hybridized carbons (Fsp3) is 0.350. The van der Waals surface area contributed by atoms with Gasteiger partial charge in [0, 0.05) is 38.1 Å². The van der Waals surface area contributed by atoms with Crippen LogP contribution >= 0.6 is 22.9 Å². The number of rotatable bonds is 5. The van der Waals surface area contributed by atoms with Crippen LogP contribution in [0.4, 0.5) is 5.69 Å². The van der Waals surface area contributed by atoms with Crippen LogP contribution in [0.15, 0.2) is 52.2 Å². The van der Waals surface area contributed by atoms with Gasteiger partial charge >= 0.3 is 0 Å². The van der Waals surface area contributed by atoms with Gasteiger partial charge in [-0.15, -0.1) is 11.3 Å². The van der Waals surface area contributed by atoms with Gasteiger partial charge in [-0.1, -0.05) is 41.9 Å². The van der Waals surface area contributed by atoms with Crippen LogP contribution < -0.4 is 10.5 Å². The van der Waals surface area contributed by atoms with Gasteiger partial charge in [-0.05, 0) is 12.0 Å². The summed E-state index contributed by atoms with van der Waals surface area (Å²) in [5, 5.41) is 6.72. The van der Waals surface area contributed by atoms with E-state index in [4.69, 9.17) is 11.6 Å². The van der Waals surface area contributed by atoms with Gasteiger partial charge in [-0.3, -0.25) is 9.69 Å². The second-order valence-electron chi connectivity index (χ2n) is 6.89. The topological polar surface area (TPSA) is 54.3 Å². The SMILES string of the molecule is O=c1c(Cl)c(N2CCCN(Cc3cscn3)CC2)cnn1Cc1ccccc1. The molecule has 1 fully saturated rings. The molecule has 0 atom stereocenters. The van der Waals surface area contributed by atoms with Crippen molar-refractivity contribution in [1.82, 2.24) is 19.7 Å². The Morgan fingerprint density at radius 3 is 2.71 bits per heavy atom. The maximum absolute atomic E-state index is 12.7. The minimum absolute atomic E-state index is 0.244. The lowest BCUT2D eigenvalue weighted by Crippen LogP contribution is -2.33. The fourth-order valence-electron chi connectivity index (χ4n) is 3.46. The van der Waals surface area contributed by atoms with Gasteiger partial charge in [-0.25, -0.2) is 9.67 Å². The van der Waals surface area contributed by atoms with Crippen molar-refractivity contribution in [2.24, 2.45) is 0 Å². The number of hydrogen-bond donors (Lipinski definition) is 0. The quantitative estimate of drug-likeness (QED) is 0.640. The molecule has 2 aromatic heterocycles. The van der Waals surface area contributed by atoms with Crippen molar-refractivity contribution in [1.29, 1.82) is 0 Å². The average Bonchev–Trinajstić information content (AvgIpc) is 3.11. The molecule has 1 aliphatic heterocycles. The lowest BCUT2D eigenvalue weighted by molar-refractivity contribution is 0.282. The molecule has 0 bridgehead atoms.